The number of carbonyl (C=O) groups excluding carboxylic acids is 4. The van der Waals surface area contributed by atoms with E-state index in [9.17, 15) is 63.1 Å². The molecular weight excluding hydrogens is 701 g/mol. The highest BCUT2D eigenvalue weighted by Gasteiger charge is 2.48. The van der Waals surface area contributed by atoms with E-state index in [2.05, 4.69) is 0 Å². The number of hydrogen-bond acceptors (Lipinski definition) is 4. The molecule has 2 heterocycles. The number of halogens is 13. The maximum absolute atomic E-state index is 14.7. The number of nitrogens with zero attached hydrogens (tertiary/aromatic N) is 2. The van der Waals surface area contributed by atoms with Crippen LogP contribution in [0.15, 0.2) is 6.07 Å². The highest BCUT2D eigenvalue weighted by Crippen LogP contribution is 2.50. The van der Waals surface area contributed by atoms with Crippen LogP contribution in [0, 0.1) is 58.2 Å². The lowest BCUT2D eigenvalue weighted by Gasteiger charge is -2.34. The van der Waals surface area contributed by atoms with Crippen molar-refractivity contribution in [2.24, 2.45) is 0 Å². The molecule has 0 aliphatic carbocycles. The summed E-state index contributed by atoms with van der Waals surface area (Å²) in [5.74, 6) is -33.5. The van der Waals surface area contributed by atoms with E-state index in [0.29, 0.717) is 6.07 Å². The minimum absolute atomic E-state index is 0.495. The molecule has 0 saturated carbocycles. The molecule has 2 aliphatic heterocycles. The Hall–Kier alpha value is -4.41. The molecule has 0 N–H and O–H groups in total. The van der Waals surface area contributed by atoms with Gasteiger partial charge in [0.15, 0.2) is 46.5 Å². The summed E-state index contributed by atoms with van der Waals surface area (Å²) in [5, 5.41) is -4.72. The molecule has 0 unspecified atom stereocenters. The highest BCUT2D eigenvalue weighted by atomic mass is 35.5. The molecular formula is C26HCl3F10N2O4. The van der Waals surface area contributed by atoms with Crippen molar-refractivity contribution in [1.29, 1.82) is 0 Å². The van der Waals surface area contributed by atoms with Crippen LogP contribution in [0.25, 0.3) is 10.8 Å². The van der Waals surface area contributed by atoms with E-state index in [1.165, 1.54) is 0 Å². The minimum Gasteiger partial charge on any atom is -0.268 e. The maximum Gasteiger partial charge on any atom is 0.267 e. The van der Waals surface area contributed by atoms with Crippen LogP contribution in [0.1, 0.15) is 41.4 Å². The standard InChI is InChI=1S/C26HCl3F10N2O4/c27-3-1-2-4-6-5(3)24(43)41(22-19(38)15(34)12(31)16(35)20(22)39)26(45)8(6)10(29)9(28)7(4)25(44)40(23(2)42)21-17(36)13(32)11(30)14(33)18(21)37/h1H. The van der Waals surface area contributed by atoms with Crippen molar-refractivity contribution in [2.75, 3.05) is 9.80 Å². The highest BCUT2D eigenvalue weighted by molar-refractivity contribution is 6.54. The van der Waals surface area contributed by atoms with Crippen LogP contribution in [-0.4, -0.2) is 23.6 Å². The fourth-order valence-corrected chi connectivity index (χ4v) is 5.83. The van der Waals surface area contributed by atoms with Crippen LogP contribution in [-0.2, 0) is 0 Å². The molecule has 0 fully saturated rings. The van der Waals surface area contributed by atoms with Crippen LogP contribution in [0.2, 0.25) is 15.1 Å². The fourth-order valence-electron chi connectivity index (χ4n) is 5.00. The first kappa shape index (κ1) is 30.6. The summed E-state index contributed by atoms with van der Waals surface area (Å²) in [7, 11) is 0. The zero-order valence-electron chi connectivity index (χ0n) is 20.5. The van der Waals surface area contributed by atoms with Crippen LogP contribution in [0.5, 0.6) is 0 Å². The molecule has 6 nitrogen and oxygen atoms in total. The quantitative estimate of drug-likeness (QED) is 0.0926. The molecule has 4 aromatic rings. The van der Waals surface area contributed by atoms with Crippen molar-refractivity contribution in [3.8, 4) is 0 Å². The molecule has 230 valence electrons. The van der Waals surface area contributed by atoms with Gasteiger partial charge in [0.1, 0.15) is 11.4 Å². The van der Waals surface area contributed by atoms with E-state index in [-0.39, 0.29) is 0 Å². The third kappa shape index (κ3) is 3.66. The van der Waals surface area contributed by atoms with Gasteiger partial charge in [-0.15, -0.1) is 0 Å². The minimum atomic E-state index is -2.64. The van der Waals surface area contributed by atoms with Gasteiger partial charge in [-0.05, 0) is 6.07 Å². The molecule has 0 saturated heterocycles. The van der Waals surface area contributed by atoms with Gasteiger partial charge < -0.3 is 0 Å². The SMILES string of the molecule is O=C1c2cc(Cl)c3c4c(c(Cl)c(Cl)c(c24)C(=O)N1c1c(F)c(F)c(F)c(F)c1F)C(=O)N(c1c(F)c(F)c(F)c(F)c1F)C3=O. The first-order chi connectivity index (χ1) is 21.0. The molecule has 2 aliphatic rings. The molecule has 6 rings (SSSR count). The van der Waals surface area contributed by atoms with Gasteiger partial charge in [-0.2, -0.15) is 0 Å². The lowest BCUT2D eigenvalue weighted by Crippen LogP contribution is -2.45. The smallest absolute Gasteiger partial charge is 0.267 e. The lowest BCUT2D eigenvalue weighted by atomic mass is 9.85. The summed E-state index contributed by atoms with van der Waals surface area (Å²) in [6, 6.07) is 0.495. The molecule has 0 atom stereocenters. The van der Waals surface area contributed by atoms with Crippen LogP contribution in [0.3, 0.4) is 0 Å². The van der Waals surface area contributed by atoms with E-state index in [1.54, 1.807) is 0 Å². The number of amides is 4. The van der Waals surface area contributed by atoms with Crippen LogP contribution < -0.4 is 9.80 Å². The summed E-state index contributed by atoms with van der Waals surface area (Å²) in [5.41, 5.74) is -8.14. The molecule has 0 radical (unpaired) electrons. The predicted molar refractivity (Wildman–Crippen MR) is 134 cm³/mol. The van der Waals surface area contributed by atoms with E-state index < -0.39 is 151 Å². The van der Waals surface area contributed by atoms with E-state index >= 15 is 0 Å². The number of carbonyl (C=O) groups is 4. The monoisotopic (exact) mass is 700 g/mol. The van der Waals surface area contributed by atoms with Gasteiger partial charge >= 0.3 is 0 Å². The number of anilines is 2. The zero-order valence-corrected chi connectivity index (χ0v) is 22.8. The molecule has 45 heavy (non-hydrogen) atoms. The normalized spacial score (nSPS) is 14.4. The molecule has 0 bridgehead atoms. The van der Waals surface area contributed by atoms with Crippen molar-refractivity contribution in [1.82, 2.24) is 0 Å². The van der Waals surface area contributed by atoms with Crippen molar-refractivity contribution >= 4 is 80.6 Å². The Morgan fingerprint density at radius 2 is 0.733 bits per heavy atom. The summed E-state index contributed by atoms with van der Waals surface area (Å²) >= 11 is 18.5. The number of benzene rings is 4. The summed E-state index contributed by atoms with van der Waals surface area (Å²) < 4.78 is 142. The molecule has 19 heteroatoms. The number of rotatable bonds is 2. The summed E-state index contributed by atoms with van der Waals surface area (Å²) in [6.45, 7) is 0. The largest absolute Gasteiger partial charge is 0.268 e. The van der Waals surface area contributed by atoms with Crippen molar-refractivity contribution in [3.05, 3.63) is 102 Å². The Morgan fingerprint density at radius 1 is 0.422 bits per heavy atom. The Bertz CT molecular complexity index is 2150. The Kier molecular flexibility index (Phi) is 6.66. The zero-order chi connectivity index (χ0) is 33.3. The summed E-state index contributed by atoms with van der Waals surface area (Å²) in [4.78, 5) is 53.0. The maximum atomic E-state index is 14.7. The van der Waals surface area contributed by atoms with E-state index in [0.717, 1.165) is 0 Å². The van der Waals surface area contributed by atoms with Crippen molar-refractivity contribution in [2.45, 2.75) is 0 Å². The predicted octanol–water partition coefficient (Wildman–Crippen LogP) is 7.79. The third-order valence-corrected chi connectivity index (χ3v) is 8.07. The van der Waals surface area contributed by atoms with Crippen molar-refractivity contribution in [3.63, 3.8) is 0 Å². The van der Waals surface area contributed by atoms with E-state index in [1.807, 2.05) is 0 Å². The molecule has 0 spiro atoms. The fraction of sp³-hybridized carbons (Fsp3) is 0. The number of hydrogen-bond donors (Lipinski definition) is 0. The van der Waals surface area contributed by atoms with Crippen molar-refractivity contribution < 1.29 is 63.1 Å². The lowest BCUT2D eigenvalue weighted by molar-refractivity contribution is 0.0870. The van der Waals surface area contributed by atoms with Gasteiger partial charge in [-0.25, -0.2) is 53.7 Å². The Morgan fingerprint density at radius 3 is 1.13 bits per heavy atom. The second-order valence-corrected chi connectivity index (χ2v) is 10.3. The van der Waals surface area contributed by atoms with Gasteiger partial charge in [0.25, 0.3) is 23.6 Å². The Labute approximate surface area is 254 Å². The average molecular weight is 702 g/mol. The summed E-state index contributed by atoms with van der Waals surface area (Å²) in [6.07, 6.45) is 0. The van der Waals surface area contributed by atoms with E-state index in [4.69, 9.17) is 34.8 Å². The van der Waals surface area contributed by atoms with Gasteiger partial charge in [-0.1, -0.05) is 34.8 Å². The first-order valence-electron chi connectivity index (χ1n) is 11.4. The Balaban J connectivity index is 1.69. The van der Waals surface area contributed by atoms with Crippen LogP contribution >= 0.6 is 34.8 Å². The molecule has 0 aromatic heterocycles. The first-order valence-corrected chi connectivity index (χ1v) is 12.6. The van der Waals surface area contributed by atoms with Gasteiger partial charge in [0.05, 0.1) is 37.3 Å². The van der Waals surface area contributed by atoms with Crippen LogP contribution in [0.4, 0.5) is 55.3 Å². The molecule has 4 aromatic carbocycles. The topological polar surface area (TPSA) is 74.8 Å². The van der Waals surface area contributed by atoms with Gasteiger partial charge in [0.2, 0.25) is 11.6 Å². The molecule has 4 amide bonds. The number of imide groups is 2. The second kappa shape index (κ2) is 9.79. The second-order valence-electron chi connectivity index (χ2n) is 9.14. The third-order valence-electron chi connectivity index (χ3n) is 6.92. The van der Waals surface area contributed by atoms with Gasteiger partial charge in [-0.3, -0.25) is 19.2 Å². The van der Waals surface area contributed by atoms with Gasteiger partial charge in [0, 0.05) is 10.8 Å². The average Bonchev–Trinajstić information content (AvgIpc) is 2.99.